The predicted octanol–water partition coefficient (Wildman–Crippen LogP) is -1.21. The Balaban J connectivity index is 3.96. The number of nitrogens with one attached hydrogen (secondary N) is 1. The van der Waals surface area contributed by atoms with Crippen LogP contribution in [0.4, 0.5) is 0 Å². The Labute approximate surface area is 72.0 Å². The van der Waals surface area contributed by atoms with Crippen molar-refractivity contribution < 1.29 is 17.9 Å². The molecule has 0 aliphatic carbocycles. The van der Waals surface area contributed by atoms with Gasteiger partial charge in [-0.3, -0.25) is 4.79 Å². The van der Waals surface area contributed by atoms with Crippen molar-refractivity contribution in [3.05, 3.63) is 0 Å². The lowest BCUT2D eigenvalue weighted by Crippen LogP contribution is -2.25. The summed E-state index contributed by atoms with van der Waals surface area (Å²) < 4.78 is 26.3. The van der Waals surface area contributed by atoms with Crippen LogP contribution in [0.15, 0.2) is 0 Å². The molecule has 0 bridgehead atoms. The monoisotopic (exact) mass is 195 g/mol. The lowest BCUT2D eigenvalue weighted by Gasteiger charge is -2.01. The maximum absolute atomic E-state index is 11.0. The zero-order chi connectivity index (χ0) is 9.61. The van der Waals surface area contributed by atoms with Gasteiger partial charge in [0, 0.05) is 6.54 Å². The fourth-order valence-corrected chi connectivity index (χ4v) is 1.70. The van der Waals surface area contributed by atoms with Crippen LogP contribution in [0.1, 0.15) is 0 Å². The Morgan fingerprint density at radius 1 is 1.50 bits per heavy atom. The molecule has 72 valence electrons. The minimum Gasteiger partial charge on any atom is -0.468 e. The van der Waals surface area contributed by atoms with Gasteiger partial charge in [-0.05, 0) is 7.05 Å². The maximum Gasteiger partial charge on any atom is 0.320 e. The van der Waals surface area contributed by atoms with Gasteiger partial charge < -0.3 is 10.1 Å². The van der Waals surface area contributed by atoms with Crippen molar-refractivity contribution in [1.29, 1.82) is 0 Å². The molecule has 6 heteroatoms. The number of hydrogen-bond donors (Lipinski definition) is 1. The fourth-order valence-electron chi connectivity index (χ4n) is 0.568. The van der Waals surface area contributed by atoms with Crippen molar-refractivity contribution in [2.45, 2.75) is 0 Å². The molecule has 0 aliphatic heterocycles. The average molecular weight is 195 g/mol. The van der Waals surface area contributed by atoms with Crippen molar-refractivity contribution in [3.63, 3.8) is 0 Å². The average Bonchev–Trinajstić information content (AvgIpc) is 2.00. The van der Waals surface area contributed by atoms with E-state index >= 15 is 0 Å². The second kappa shape index (κ2) is 5.10. The fraction of sp³-hybridized carbons (Fsp3) is 0.833. The molecule has 0 amide bonds. The molecule has 0 heterocycles. The third-order valence-electron chi connectivity index (χ3n) is 1.23. The molecule has 0 saturated carbocycles. The minimum atomic E-state index is -3.29. The summed E-state index contributed by atoms with van der Waals surface area (Å²) in [5.41, 5.74) is 0. The Morgan fingerprint density at radius 2 is 2.08 bits per heavy atom. The molecule has 0 spiro atoms. The van der Waals surface area contributed by atoms with Gasteiger partial charge in [0.25, 0.3) is 0 Å². The molecule has 0 aromatic heterocycles. The van der Waals surface area contributed by atoms with Gasteiger partial charge in [-0.1, -0.05) is 0 Å². The summed E-state index contributed by atoms with van der Waals surface area (Å²) in [6.45, 7) is 0.347. The summed E-state index contributed by atoms with van der Waals surface area (Å²) in [7, 11) is -0.483. The molecule has 12 heavy (non-hydrogen) atoms. The quantitative estimate of drug-likeness (QED) is 0.557. The molecule has 0 fully saturated rings. The van der Waals surface area contributed by atoms with Gasteiger partial charge in [0.15, 0.2) is 9.84 Å². The van der Waals surface area contributed by atoms with Crippen LogP contribution in [0.25, 0.3) is 0 Å². The standard InChI is InChI=1S/C6H13NO4S/c1-7-3-4-12(9,10)5-6(8)11-2/h7H,3-5H2,1-2H3. The highest BCUT2D eigenvalue weighted by atomic mass is 32.2. The number of carbonyl (C=O) groups excluding carboxylic acids is 1. The maximum atomic E-state index is 11.0. The number of hydrogen-bond acceptors (Lipinski definition) is 5. The van der Waals surface area contributed by atoms with E-state index in [2.05, 4.69) is 10.1 Å². The van der Waals surface area contributed by atoms with Crippen molar-refractivity contribution in [2.75, 3.05) is 32.2 Å². The van der Waals surface area contributed by atoms with E-state index in [1.807, 2.05) is 0 Å². The molecule has 0 aromatic carbocycles. The van der Waals surface area contributed by atoms with E-state index < -0.39 is 21.6 Å². The van der Waals surface area contributed by atoms with Crippen LogP contribution in [-0.2, 0) is 19.4 Å². The van der Waals surface area contributed by atoms with E-state index in [-0.39, 0.29) is 5.75 Å². The van der Waals surface area contributed by atoms with Crippen molar-refractivity contribution in [2.24, 2.45) is 0 Å². The van der Waals surface area contributed by atoms with E-state index in [9.17, 15) is 13.2 Å². The second-order valence-corrected chi connectivity index (χ2v) is 4.46. The van der Waals surface area contributed by atoms with Crippen molar-refractivity contribution >= 4 is 15.8 Å². The molecule has 1 N–H and O–H groups in total. The number of rotatable bonds is 5. The number of ether oxygens (including phenoxy) is 1. The highest BCUT2D eigenvalue weighted by Gasteiger charge is 2.15. The minimum absolute atomic E-state index is 0.0431. The smallest absolute Gasteiger partial charge is 0.320 e. The first-order chi connectivity index (χ1) is 5.52. The number of methoxy groups -OCH3 is 1. The van der Waals surface area contributed by atoms with Gasteiger partial charge in [-0.25, -0.2) is 8.42 Å². The van der Waals surface area contributed by atoms with E-state index in [1.54, 1.807) is 7.05 Å². The molecule has 0 radical (unpaired) electrons. The molecule has 0 aromatic rings. The molecule has 5 nitrogen and oxygen atoms in total. The molecule has 0 aliphatic rings. The summed E-state index contributed by atoms with van der Waals surface area (Å²) in [6.07, 6.45) is 0. The van der Waals surface area contributed by atoms with Gasteiger partial charge in [-0.2, -0.15) is 0 Å². The Kier molecular flexibility index (Phi) is 4.84. The Hall–Kier alpha value is -0.620. The van der Waals surface area contributed by atoms with E-state index in [4.69, 9.17) is 0 Å². The van der Waals surface area contributed by atoms with Crippen LogP contribution in [-0.4, -0.2) is 46.6 Å². The van der Waals surface area contributed by atoms with Gasteiger partial charge in [0.1, 0.15) is 5.75 Å². The highest BCUT2D eigenvalue weighted by molar-refractivity contribution is 7.92. The summed E-state index contributed by atoms with van der Waals surface area (Å²) in [5, 5.41) is 2.68. The zero-order valence-electron chi connectivity index (χ0n) is 7.16. The summed E-state index contributed by atoms with van der Waals surface area (Å²) in [4.78, 5) is 10.6. The van der Waals surface area contributed by atoms with Crippen LogP contribution < -0.4 is 5.32 Å². The first-order valence-electron chi connectivity index (χ1n) is 3.43. The lowest BCUT2D eigenvalue weighted by atomic mass is 10.8. The first kappa shape index (κ1) is 11.4. The number of sulfone groups is 1. The molecule has 0 rings (SSSR count). The highest BCUT2D eigenvalue weighted by Crippen LogP contribution is 1.90. The van der Waals surface area contributed by atoms with Gasteiger partial charge in [-0.15, -0.1) is 0 Å². The summed E-state index contributed by atoms with van der Waals surface area (Å²) in [6, 6.07) is 0. The van der Waals surface area contributed by atoms with E-state index in [0.29, 0.717) is 6.54 Å². The van der Waals surface area contributed by atoms with Crippen LogP contribution in [0.3, 0.4) is 0 Å². The van der Waals surface area contributed by atoms with Gasteiger partial charge in [0.2, 0.25) is 0 Å². The number of esters is 1. The van der Waals surface area contributed by atoms with E-state index in [1.165, 1.54) is 0 Å². The van der Waals surface area contributed by atoms with Gasteiger partial charge in [0.05, 0.1) is 12.9 Å². The molecular weight excluding hydrogens is 182 g/mol. The van der Waals surface area contributed by atoms with Crippen LogP contribution in [0, 0.1) is 0 Å². The van der Waals surface area contributed by atoms with Crippen LogP contribution in [0.2, 0.25) is 0 Å². The molecule has 0 unspecified atom stereocenters. The summed E-state index contributed by atoms with van der Waals surface area (Å²) >= 11 is 0. The normalized spacial score (nSPS) is 11.2. The van der Waals surface area contributed by atoms with Crippen molar-refractivity contribution in [1.82, 2.24) is 5.32 Å². The van der Waals surface area contributed by atoms with Crippen LogP contribution >= 0.6 is 0 Å². The molecule has 0 saturated heterocycles. The third-order valence-corrected chi connectivity index (χ3v) is 2.73. The SMILES string of the molecule is CNCCS(=O)(=O)CC(=O)OC. The first-order valence-corrected chi connectivity index (χ1v) is 5.26. The van der Waals surface area contributed by atoms with Gasteiger partial charge >= 0.3 is 5.97 Å². The largest absolute Gasteiger partial charge is 0.468 e. The predicted molar refractivity (Wildman–Crippen MR) is 44.6 cm³/mol. The second-order valence-electron chi connectivity index (χ2n) is 2.27. The lowest BCUT2D eigenvalue weighted by molar-refractivity contribution is -0.137. The molecular formula is C6H13NO4S. The topological polar surface area (TPSA) is 72.5 Å². The third kappa shape index (κ3) is 5.09. The van der Waals surface area contributed by atoms with E-state index in [0.717, 1.165) is 7.11 Å². The number of carbonyl (C=O) groups is 1. The van der Waals surface area contributed by atoms with Crippen LogP contribution in [0.5, 0.6) is 0 Å². The molecule has 0 atom stereocenters. The Morgan fingerprint density at radius 3 is 2.50 bits per heavy atom. The Bertz CT molecular complexity index is 234. The van der Waals surface area contributed by atoms with Crippen molar-refractivity contribution in [3.8, 4) is 0 Å². The summed E-state index contributed by atoms with van der Waals surface area (Å²) in [5.74, 6) is -1.30. The zero-order valence-corrected chi connectivity index (χ0v) is 7.98.